The first-order chi connectivity index (χ1) is 13.3. The highest BCUT2D eigenvalue weighted by Crippen LogP contribution is 2.33. The SMILES string of the molecule is CCOCc1c(C(=O)Nc2ccc3c(c2)OCCCO3)oc2ccccc12. The fraction of sp³-hybridized carbons (Fsp3) is 0.286. The number of anilines is 1. The molecular weight excluding hydrogens is 346 g/mol. The van der Waals surface area contributed by atoms with Gasteiger partial charge in [-0.15, -0.1) is 0 Å². The van der Waals surface area contributed by atoms with E-state index in [0.717, 1.165) is 17.4 Å². The maximum absolute atomic E-state index is 12.9. The lowest BCUT2D eigenvalue weighted by Gasteiger charge is -2.10. The van der Waals surface area contributed by atoms with Crippen molar-refractivity contribution in [1.29, 1.82) is 0 Å². The monoisotopic (exact) mass is 367 g/mol. The Hall–Kier alpha value is -2.99. The van der Waals surface area contributed by atoms with Gasteiger partial charge in [0.25, 0.3) is 5.91 Å². The van der Waals surface area contributed by atoms with Crippen molar-refractivity contribution in [3.8, 4) is 11.5 Å². The highest BCUT2D eigenvalue weighted by atomic mass is 16.5. The van der Waals surface area contributed by atoms with Crippen LogP contribution in [-0.2, 0) is 11.3 Å². The number of amides is 1. The van der Waals surface area contributed by atoms with Crippen LogP contribution in [0.2, 0.25) is 0 Å². The summed E-state index contributed by atoms with van der Waals surface area (Å²) in [6, 6.07) is 12.9. The molecule has 140 valence electrons. The molecule has 2 heterocycles. The lowest BCUT2D eigenvalue weighted by molar-refractivity contribution is 0.0984. The van der Waals surface area contributed by atoms with Gasteiger partial charge in [0, 0.05) is 35.7 Å². The summed E-state index contributed by atoms with van der Waals surface area (Å²) >= 11 is 0. The van der Waals surface area contributed by atoms with Crippen molar-refractivity contribution in [2.24, 2.45) is 0 Å². The zero-order chi connectivity index (χ0) is 18.6. The van der Waals surface area contributed by atoms with Crippen molar-refractivity contribution in [3.05, 3.63) is 53.8 Å². The first-order valence-electron chi connectivity index (χ1n) is 9.05. The Kier molecular flexibility index (Phi) is 4.98. The van der Waals surface area contributed by atoms with Crippen LogP contribution in [0, 0.1) is 0 Å². The summed E-state index contributed by atoms with van der Waals surface area (Å²) in [4.78, 5) is 12.9. The van der Waals surface area contributed by atoms with Crippen LogP contribution in [0.15, 0.2) is 46.9 Å². The Morgan fingerprint density at radius 3 is 2.78 bits per heavy atom. The zero-order valence-electron chi connectivity index (χ0n) is 15.1. The molecule has 0 atom stereocenters. The molecule has 1 N–H and O–H groups in total. The normalized spacial score (nSPS) is 13.4. The first kappa shape index (κ1) is 17.4. The average Bonchev–Trinajstić information content (AvgIpc) is 2.89. The summed E-state index contributed by atoms with van der Waals surface area (Å²) < 4.78 is 22.7. The van der Waals surface area contributed by atoms with E-state index in [-0.39, 0.29) is 11.7 Å². The van der Waals surface area contributed by atoms with Gasteiger partial charge >= 0.3 is 0 Å². The van der Waals surface area contributed by atoms with E-state index in [2.05, 4.69) is 5.32 Å². The van der Waals surface area contributed by atoms with Crippen LogP contribution in [0.4, 0.5) is 5.69 Å². The van der Waals surface area contributed by atoms with Gasteiger partial charge in [-0.05, 0) is 25.1 Å². The highest BCUT2D eigenvalue weighted by molar-refractivity contribution is 6.06. The number of furan rings is 1. The number of carbonyl (C=O) groups is 1. The molecule has 1 aromatic heterocycles. The van der Waals surface area contributed by atoms with Gasteiger partial charge in [0.1, 0.15) is 5.58 Å². The second-order valence-corrected chi connectivity index (χ2v) is 6.21. The summed E-state index contributed by atoms with van der Waals surface area (Å²) in [7, 11) is 0. The second kappa shape index (κ2) is 7.72. The molecule has 0 radical (unpaired) electrons. The molecule has 6 heteroatoms. The molecular formula is C21H21NO5. The molecule has 1 aliphatic heterocycles. The summed E-state index contributed by atoms with van der Waals surface area (Å²) in [6.45, 7) is 4.00. The minimum atomic E-state index is -0.324. The van der Waals surface area contributed by atoms with Crippen molar-refractivity contribution in [2.75, 3.05) is 25.1 Å². The smallest absolute Gasteiger partial charge is 0.291 e. The van der Waals surface area contributed by atoms with Gasteiger partial charge in [0.2, 0.25) is 0 Å². The zero-order valence-corrected chi connectivity index (χ0v) is 15.1. The van der Waals surface area contributed by atoms with Crippen LogP contribution >= 0.6 is 0 Å². The Morgan fingerprint density at radius 1 is 1.11 bits per heavy atom. The third-order valence-corrected chi connectivity index (χ3v) is 4.36. The second-order valence-electron chi connectivity index (χ2n) is 6.21. The Bertz CT molecular complexity index is 962. The number of nitrogens with one attached hydrogen (secondary N) is 1. The van der Waals surface area contributed by atoms with Gasteiger partial charge in [-0.3, -0.25) is 4.79 Å². The Morgan fingerprint density at radius 2 is 1.93 bits per heavy atom. The number of para-hydroxylation sites is 1. The molecule has 0 aliphatic carbocycles. The van der Waals surface area contributed by atoms with Gasteiger partial charge in [-0.25, -0.2) is 0 Å². The fourth-order valence-electron chi connectivity index (χ4n) is 3.06. The fourth-order valence-corrected chi connectivity index (χ4v) is 3.06. The molecule has 0 bridgehead atoms. The van der Waals surface area contributed by atoms with E-state index in [4.69, 9.17) is 18.6 Å². The summed E-state index contributed by atoms with van der Waals surface area (Å²) in [5.74, 6) is 1.25. The van der Waals surface area contributed by atoms with Crippen LogP contribution < -0.4 is 14.8 Å². The molecule has 1 aliphatic rings. The van der Waals surface area contributed by atoms with E-state index in [1.165, 1.54) is 0 Å². The molecule has 0 fully saturated rings. The van der Waals surface area contributed by atoms with Crippen molar-refractivity contribution in [1.82, 2.24) is 0 Å². The van der Waals surface area contributed by atoms with Gasteiger partial charge in [0.05, 0.1) is 19.8 Å². The van der Waals surface area contributed by atoms with E-state index in [9.17, 15) is 4.79 Å². The summed E-state index contributed by atoms with van der Waals surface area (Å²) in [5.41, 5.74) is 2.03. The Balaban J connectivity index is 1.62. The Labute approximate surface area is 157 Å². The molecule has 6 nitrogen and oxygen atoms in total. The number of rotatable bonds is 5. The number of hydrogen-bond donors (Lipinski definition) is 1. The average molecular weight is 367 g/mol. The number of benzene rings is 2. The standard InChI is InChI=1S/C21H21NO5/c1-2-24-13-16-15-6-3-4-7-17(15)27-20(16)21(23)22-14-8-9-18-19(12-14)26-11-5-10-25-18/h3-4,6-9,12H,2,5,10-11,13H2,1H3,(H,22,23). The van der Waals surface area contributed by atoms with Crippen molar-refractivity contribution >= 4 is 22.6 Å². The van der Waals surface area contributed by atoms with Crippen molar-refractivity contribution in [2.45, 2.75) is 20.0 Å². The van der Waals surface area contributed by atoms with Crippen molar-refractivity contribution in [3.63, 3.8) is 0 Å². The predicted molar refractivity (Wildman–Crippen MR) is 102 cm³/mol. The van der Waals surface area contributed by atoms with E-state index in [0.29, 0.717) is 49.2 Å². The third kappa shape index (κ3) is 3.61. The molecule has 2 aromatic carbocycles. The topological polar surface area (TPSA) is 69.9 Å². The van der Waals surface area contributed by atoms with Crippen LogP contribution in [0.5, 0.6) is 11.5 Å². The minimum absolute atomic E-state index is 0.261. The first-order valence-corrected chi connectivity index (χ1v) is 9.05. The minimum Gasteiger partial charge on any atom is -0.490 e. The van der Waals surface area contributed by atoms with Crippen LogP contribution in [0.1, 0.15) is 29.5 Å². The molecule has 27 heavy (non-hydrogen) atoms. The maximum Gasteiger partial charge on any atom is 0.291 e. The largest absolute Gasteiger partial charge is 0.490 e. The third-order valence-electron chi connectivity index (χ3n) is 4.36. The number of carbonyl (C=O) groups excluding carboxylic acids is 1. The van der Waals surface area contributed by atoms with Crippen LogP contribution in [0.3, 0.4) is 0 Å². The quantitative estimate of drug-likeness (QED) is 0.724. The van der Waals surface area contributed by atoms with E-state index in [1.807, 2.05) is 31.2 Å². The van der Waals surface area contributed by atoms with Gasteiger partial charge in [-0.1, -0.05) is 18.2 Å². The summed E-state index contributed by atoms with van der Waals surface area (Å²) in [6.07, 6.45) is 0.830. The van der Waals surface area contributed by atoms with Gasteiger partial charge in [-0.2, -0.15) is 0 Å². The van der Waals surface area contributed by atoms with Gasteiger partial charge in [0.15, 0.2) is 17.3 Å². The predicted octanol–water partition coefficient (Wildman–Crippen LogP) is 4.38. The molecule has 0 saturated heterocycles. The molecule has 0 spiro atoms. The molecule has 4 rings (SSSR count). The number of fused-ring (bicyclic) bond motifs is 2. The van der Waals surface area contributed by atoms with Crippen LogP contribution in [0.25, 0.3) is 11.0 Å². The number of hydrogen-bond acceptors (Lipinski definition) is 5. The van der Waals surface area contributed by atoms with Crippen molar-refractivity contribution < 1.29 is 23.4 Å². The van der Waals surface area contributed by atoms with E-state index < -0.39 is 0 Å². The number of ether oxygens (including phenoxy) is 3. The lowest BCUT2D eigenvalue weighted by Crippen LogP contribution is -2.13. The molecule has 3 aromatic rings. The van der Waals surface area contributed by atoms with Gasteiger partial charge < -0.3 is 23.9 Å². The molecule has 0 saturated carbocycles. The van der Waals surface area contributed by atoms with E-state index in [1.54, 1.807) is 18.2 Å². The van der Waals surface area contributed by atoms with Crippen LogP contribution in [-0.4, -0.2) is 25.7 Å². The van der Waals surface area contributed by atoms with E-state index >= 15 is 0 Å². The maximum atomic E-state index is 12.9. The molecule has 1 amide bonds. The lowest BCUT2D eigenvalue weighted by atomic mass is 10.1. The molecule has 0 unspecified atom stereocenters. The highest BCUT2D eigenvalue weighted by Gasteiger charge is 2.21. The summed E-state index contributed by atoms with van der Waals surface area (Å²) in [5, 5.41) is 3.77.